The molecule has 0 spiro atoms. The SMILES string of the molecule is COC(=N)c1c(Cl)c(Cl)c(Cl)c2nc3ccccc3cc12. The van der Waals surface area contributed by atoms with Gasteiger partial charge in [-0.2, -0.15) is 0 Å². The van der Waals surface area contributed by atoms with Crippen LogP contribution in [0.25, 0.3) is 21.8 Å². The minimum atomic E-state index is -0.0827. The molecule has 1 N–H and O–H groups in total. The van der Waals surface area contributed by atoms with Crippen LogP contribution >= 0.6 is 34.8 Å². The van der Waals surface area contributed by atoms with E-state index >= 15 is 0 Å². The molecule has 0 saturated heterocycles. The van der Waals surface area contributed by atoms with Crippen LogP contribution in [-0.2, 0) is 4.74 Å². The molecule has 3 nitrogen and oxygen atoms in total. The molecule has 21 heavy (non-hydrogen) atoms. The molecule has 0 bridgehead atoms. The van der Waals surface area contributed by atoms with Crippen molar-refractivity contribution in [2.45, 2.75) is 0 Å². The molecule has 0 amide bonds. The smallest absolute Gasteiger partial charge is 0.215 e. The molecule has 0 atom stereocenters. The van der Waals surface area contributed by atoms with E-state index in [0.717, 1.165) is 10.9 Å². The summed E-state index contributed by atoms with van der Waals surface area (Å²) in [5.74, 6) is -0.0827. The van der Waals surface area contributed by atoms with Crippen molar-refractivity contribution in [3.05, 3.63) is 51.0 Å². The van der Waals surface area contributed by atoms with Crippen molar-refractivity contribution < 1.29 is 4.74 Å². The lowest BCUT2D eigenvalue weighted by Gasteiger charge is -2.13. The lowest BCUT2D eigenvalue weighted by molar-refractivity contribution is 0.401. The number of methoxy groups -OCH3 is 1. The Morgan fingerprint density at radius 1 is 1.10 bits per heavy atom. The van der Waals surface area contributed by atoms with Crippen molar-refractivity contribution in [1.82, 2.24) is 4.98 Å². The normalized spacial score (nSPS) is 11.0. The third-order valence-electron chi connectivity index (χ3n) is 3.24. The Morgan fingerprint density at radius 2 is 1.81 bits per heavy atom. The van der Waals surface area contributed by atoms with E-state index in [9.17, 15) is 0 Å². The predicted molar refractivity (Wildman–Crippen MR) is 88.1 cm³/mol. The molecule has 3 aromatic rings. The van der Waals surface area contributed by atoms with E-state index in [0.29, 0.717) is 16.5 Å². The van der Waals surface area contributed by atoms with Gasteiger partial charge in [-0.05, 0) is 12.1 Å². The predicted octanol–water partition coefficient (Wildman–Crippen LogP) is 5.32. The Kier molecular flexibility index (Phi) is 3.66. The maximum Gasteiger partial charge on any atom is 0.215 e. The van der Waals surface area contributed by atoms with Crippen LogP contribution in [0.5, 0.6) is 0 Å². The maximum atomic E-state index is 7.94. The van der Waals surface area contributed by atoms with Gasteiger partial charge < -0.3 is 4.74 Å². The molecule has 1 aromatic heterocycles. The van der Waals surface area contributed by atoms with Gasteiger partial charge in [-0.3, -0.25) is 5.41 Å². The number of hydrogen-bond acceptors (Lipinski definition) is 3. The fourth-order valence-corrected chi connectivity index (χ4v) is 2.98. The molecule has 3 rings (SSSR count). The molecule has 1 heterocycles. The second-order valence-electron chi connectivity index (χ2n) is 4.43. The van der Waals surface area contributed by atoms with Crippen molar-refractivity contribution in [3.8, 4) is 0 Å². The second kappa shape index (κ2) is 5.34. The third kappa shape index (κ3) is 2.22. The minimum Gasteiger partial charge on any atom is -0.481 e. The van der Waals surface area contributed by atoms with Crippen molar-refractivity contribution in [3.63, 3.8) is 0 Å². The Bertz CT molecular complexity index is 893. The van der Waals surface area contributed by atoms with Gasteiger partial charge in [0.05, 0.1) is 38.8 Å². The summed E-state index contributed by atoms with van der Waals surface area (Å²) in [4.78, 5) is 4.53. The topological polar surface area (TPSA) is 46.0 Å². The van der Waals surface area contributed by atoms with Crippen molar-refractivity contribution in [2.75, 3.05) is 7.11 Å². The average Bonchev–Trinajstić information content (AvgIpc) is 2.51. The Labute approximate surface area is 135 Å². The monoisotopic (exact) mass is 338 g/mol. The van der Waals surface area contributed by atoms with Crippen LogP contribution in [0, 0.1) is 5.41 Å². The Morgan fingerprint density at radius 3 is 2.52 bits per heavy atom. The third-order valence-corrected chi connectivity index (χ3v) is 4.55. The number of ether oxygens (including phenoxy) is 1. The van der Waals surface area contributed by atoms with Crippen LogP contribution in [0.2, 0.25) is 15.1 Å². The molecular formula is C15H9Cl3N2O. The molecular weight excluding hydrogens is 331 g/mol. The summed E-state index contributed by atoms with van der Waals surface area (Å²) >= 11 is 18.7. The highest BCUT2D eigenvalue weighted by molar-refractivity contribution is 6.52. The summed E-state index contributed by atoms with van der Waals surface area (Å²) in [6.07, 6.45) is 0. The number of para-hydroxylation sites is 1. The highest BCUT2D eigenvalue weighted by Crippen LogP contribution is 2.40. The molecule has 0 unspecified atom stereocenters. The van der Waals surface area contributed by atoms with Gasteiger partial charge in [0, 0.05) is 10.8 Å². The number of aromatic nitrogens is 1. The van der Waals surface area contributed by atoms with Crippen LogP contribution in [0.1, 0.15) is 5.56 Å². The zero-order valence-corrected chi connectivity index (χ0v) is 13.1. The van der Waals surface area contributed by atoms with Crippen LogP contribution in [0.4, 0.5) is 0 Å². The first-order valence-electron chi connectivity index (χ1n) is 6.03. The minimum absolute atomic E-state index is 0.0827. The molecule has 6 heteroatoms. The van der Waals surface area contributed by atoms with Gasteiger partial charge in [-0.15, -0.1) is 0 Å². The summed E-state index contributed by atoms with van der Waals surface area (Å²) < 4.78 is 5.00. The summed E-state index contributed by atoms with van der Waals surface area (Å²) in [5, 5.41) is 10.1. The molecule has 0 saturated carbocycles. The first kappa shape index (κ1) is 14.4. The van der Waals surface area contributed by atoms with E-state index in [4.69, 9.17) is 44.9 Å². The molecule has 0 aliphatic carbocycles. The van der Waals surface area contributed by atoms with E-state index in [-0.39, 0.29) is 21.0 Å². The van der Waals surface area contributed by atoms with Crippen molar-refractivity contribution in [1.29, 1.82) is 5.41 Å². The van der Waals surface area contributed by atoms with Gasteiger partial charge in [0.25, 0.3) is 0 Å². The van der Waals surface area contributed by atoms with Gasteiger partial charge >= 0.3 is 0 Å². The van der Waals surface area contributed by atoms with Gasteiger partial charge in [-0.1, -0.05) is 53.0 Å². The molecule has 0 fully saturated rings. The van der Waals surface area contributed by atoms with E-state index < -0.39 is 0 Å². The van der Waals surface area contributed by atoms with E-state index in [1.165, 1.54) is 7.11 Å². The van der Waals surface area contributed by atoms with Gasteiger partial charge in [0.15, 0.2) is 0 Å². The van der Waals surface area contributed by atoms with E-state index in [1.54, 1.807) is 0 Å². The van der Waals surface area contributed by atoms with Crippen LogP contribution in [0.3, 0.4) is 0 Å². The number of benzene rings is 2. The lowest BCUT2D eigenvalue weighted by Crippen LogP contribution is -2.05. The van der Waals surface area contributed by atoms with E-state index in [2.05, 4.69) is 4.98 Å². The first-order valence-corrected chi connectivity index (χ1v) is 7.17. The highest BCUT2D eigenvalue weighted by Gasteiger charge is 2.21. The molecule has 0 radical (unpaired) electrons. The fraction of sp³-hybridized carbons (Fsp3) is 0.0667. The number of rotatable bonds is 1. The van der Waals surface area contributed by atoms with Gasteiger partial charge in [0.1, 0.15) is 0 Å². The first-order chi connectivity index (χ1) is 10.0. The number of nitrogens with one attached hydrogen (secondary N) is 1. The molecule has 0 aliphatic rings. The Balaban J connectivity index is 2.55. The quantitative estimate of drug-likeness (QED) is 0.282. The summed E-state index contributed by atoms with van der Waals surface area (Å²) in [6, 6.07) is 9.50. The van der Waals surface area contributed by atoms with Crippen molar-refractivity contribution >= 4 is 62.5 Å². The molecule has 0 aliphatic heterocycles. The number of fused-ring (bicyclic) bond motifs is 2. The fourth-order valence-electron chi connectivity index (χ4n) is 2.23. The lowest BCUT2D eigenvalue weighted by atomic mass is 10.1. The molecule has 2 aromatic carbocycles. The van der Waals surface area contributed by atoms with Crippen LogP contribution < -0.4 is 0 Å². The van der Waals surface area contributed by atoms with Gasteiger partial charge in [0.2, 0.25) is 5.90 Å². The zero-order chi connectivity index (χ0) is 15.1. The number of nitrogens with zero attached hydrogens (tertiary/aromatic N) is 1. The summed E-state index contributed by atoms with van der Waals surface area (Å²) in [7, 11) is 1.40. The number of hydrogen-bond donors (Lipinski definition) is 1. The second-order valence-corrected chi connectivity index (χ2v) is 5.56. The number of pyridine rings is 1. The van der Waals surface area contributed by atoms with Crippen LogP contribution in [-0.4, -0.2) is 18.0 Å². The summed E-state index contributed by atoms with van der Waals surface area (Å²) in [5.41, 5.74) is 1.68. The largest absolute Gasteiger partial charge is 0.481 e. The zero-order valence-electron chi connectivity index (χ0n) is 10.9. The Hall–Kier alpha value is -1.55. The average molecular weight is 340 g/mol. The van der Waals surface area contributed by atoms with Crippen molar-refractivity contribution in [2.24, 2.45) is 0 Å². The molecule has 106 valence electrons. The maximum absolute atomic E-state index is 7.94. The van der Waals surface area contributed by atoms with Crippen LogP contribution in [0.15, 0.2) is 30.3 Å². The van der Waals surface area contributed by atoms with E-state index in [1.807, 2.05) is 30.3 Å². The van der Waals surface area contributed by atoms with Gasteiger partial charge in [-0.25, -0.2) is 4.98 Å². The highest BCUT2D eigenvalue weighted by atomic mass is 35.5. The number of halogens is 3. The summed E-state index contributed by atoms with van der Waals surface area (Å²) in [6.45, 7) is 0. The standard InChI is InChI=1S/C15H9Cl3N2O/c1-21-15(19)10-8-6-7-4-2-3-5-9(7)20-14(8)13(18)12(17)11(10)16/h2-6,19H,1H3.